The number of hydrogen-bond acceptors (Lipinski definition) is 3. The second-order valence-electron chi connectivity index (χ2n) is 6.45. The van der Waals surface area contributed by atoms with E-state index in [1.807, 2.05) is 18.7 Å². The molecule has 1 aliphatic rings. The predicted octanol–water partition coefficient (Wildman–Crippen LogP) is 2.78. The highest BCUT2D eigenvalue weighted by molar-refractivity contribution is 5.94. The minimum absolute atomic E-state index is 0.0137. The summed E-state index contributed by atoms with van der Waals surface area (Å²) in [6, 6.07) is 6.70. The Balaban J connectivity index is 1.93. The van der Waals surface area contributed by atoms with Gasteiger partial charge in [0, 0.05) is 12.6 Å². The van der Waals surface area contributed by atoms with Gasteiger partial charge in [0.1, 0.15) is 5.82 Å². The van der Waals surface area contributed by atoms with E-state index in [2.05, 4.69) is 5.10 Å². The molecule has 3 rings (SSSR count). The van der Waals surface area contributed by atoms with Crippen molar-refractivity contribution in [1.29, 1.82) is 0 Å². The molecule has 24 heavy (non-hydrogen) atoms. The molecule has 0 saturated carbocycles. The molecule has 6 heteroatoms. The summed E-state index contributed by atoms with van der Waals surface area (Å²) in [6.45, 7) is 6.74. The van der Waals surface area contributed by atoms with Crippen molar-refractivity contribution in [2.45, 2.75) is 32.9 Å². The molecule has 1 saturated heterocycles. The second kappa shape index (κ2) is 6.36. The molecule has 0 aliphatic carbocycles. The second-order valence-corrected chi connectivity index (χ2v) is 6.45. The standard InChI is InChI=1S/C18H22FN3O2/c1-11-7-14(5-6-15(11)19)17-8-16(20-21(17)4)18(23)22-12(2)9-24-10-13(22)3/h5-8,12-13H,9-10H2,1-4H3. The molecule has 1 amide bonds. The van der Waals surface area contributed by atoms with Crippen LogP contribution >= 0.6 is 0 Å². The normalized spacial score (nSPS) is 21.1. The van der Waals surface area contributed by atoms with E-state index in [0.29, 0.717) is 24.5 Å². The Labute approximate surface area is 141 Å². The van der Waals surface area contributed by atoms with Crippen molar-refractivity contribution in [1.82, 2.24) is 14.7 Å². The Kier molecular flexibility index (Phi) is 4.41. The van der Waals surface area contributed by atoms with Gasteiger partial charge in [0.05, 0.1) is 31.0 Å². The first kappa shape index (κ1) is 16.6. The lowest BCUT2D eigenvalue weighted by Gasteiger charge is -2.38. The van der Waals surface area contributed by atoms with Crippen LogP contribution in [0.5, 0.6) is 0 Å². The molecule has 1 fully saturated rings. The molecule has 0 spiro atoms. The van der Waals surface area contributed by atoms with Crippen molar-refractivity contribution in [3.05, 3.63) is 41.3 Å². The van der Waals surface area contributed by atoms with E-state index in [1.165, 1.54) is 6.07 Å². The van der Waals surface area contributed by atoms with Crippen LogP contribution in [0.2, 0.25) is 0 Å². The molecule has 0 bridgehead atoms. The lowest BCUT2D eigenvalue weighted by molar-refractivity contribution is -0.0252. The topological polar surface area (TPSA) is 47.4 Å². The molecule has 2 unspecified atom stereocenters. The number of carbonyl (C=O) groups excluding carboxylic acids is 1. The number of carbonyl (C=O) groups is 1. The zero-order valence-electron chi connectivity index (χ0n) is 14.4. The van der Waals surface area contributed by atoms with Gasteiger partial charge in [0.15, 0.2) is 5.69 Å². The van der Waals surface area contributed by atoms with Gasteiger partial charge in [-0.2, -0.15) is 5.10 Å². The van der Waals surface area contributed by atoms with Crippen LogP contribution in [-0.4, -0.2) is 45.9 Å². The molecule has 0 radical (unpaired) electrons. The maximum absolute atomic E-state index is 13.5. The first-order valence-corrected chi connectivity index (χ1v) is 8.09. The van der Waals surface area contributed by atoms with Gasteiger partial charge in [0.25, 0.3) is 5.91 Å². The number of aromatic nitrogens is 2. The molecule has 1 aliphatic heterocycles. The fourth-order valence-electron chi connectivity index (χ4n) is 3.18. The molecule has 2 atom stereocenters. The zero-order chi connectivity index (χ0) is 17.4. The van der Waals surface area contributed by atoms with Gasteiger partial charge in [-0.25, -0.2) is 4.39 Å². The van der Waals surface area contributed by atoms with Gasteiger partial charge in [-0.05, 0) is 50.6 Å². The molecule has 1 aromatic carbocycles. The van der Waals surface area contributed by atoms with Crippen LogP contribution in [0.15, 0.2) is 24.3 Å². The van der Waals surface area contributed by atoms with Gasteiger partial charge in [-0.3, -0.25) is 9.48 Å². The third kappa shape index (κ3) is 2.94. The Morgan fingerprint density at radius 3 is 2.54 bits per heavy atom. The highest BCUT2D eigenvalue weighted by atomic mass is 19.1. The van der Waals surface area contributed by atoms with Crippen molar-refractivity contribution >= 4 is 5.91 Å². The quantitative estimate of drug-likeness (QED) is 0.850. The van der Waals surface area contributed by atoms with Crippen LogP contribution in [-0.2, 0) is 11.8 Å². The fraction of sp³-hybridized carbons (Fsp3) is 0.444. The molecular formula is C18H22FN3O2. The number of ether oxygens (including phenoxy) is 1. The highest BCUT2D eigenvalue weighted by Gasteiger charge is 2.32. The monoisotopic (exact) mass is 331 g/mol. The molecular weight excluding hydrogens is 309 g/mol. The summed E-state index contributed by atoms with van der Waals surface area (Å²) >= 11 is 0. The van der Waals surface area contributed by atoms with Crippen molar-refractivity contribution in [2.75, 3.05) is 13.2 Å². The minimum atomic E-state index is -0.242. The summed E-state index contributed by atoms with van der Waals surface area (Å²) in [6.07, 6.45) is 0. The summed E-state index contributed by atoms with van der Waals surface area (Å²) in [5, 5.41) is 4.37. The third-order valence-corrected chi connectivity index (χ3v) is 4.45. The van der Waals surface area contributed by atoms with Crippen LogP contribution in [0.25, 0.3) is 11.3 Å². The van der Waals surface area contributed by atoms with E-state index >= 15 is 0 Å². The number of amides is 1. The van der Waals surface area contributed by atoms with Crippen molar-refractivity contribution in [2.24, 2.45) is 7.05 Å². The zero-order valence-corrected chi connectivity index (χ0v) is 14.4. The van der Waals surface area contributed by atoms with Gasteiger partial charge in [-0.15, -0.1) is 0 Å². The Morgan fingerprint density at radius 2 is 1.92 bits per heavy atom. The molecule has 2 aromatic rings. The van der Waals surface area contributed by atoms with Crippen LogP contribution < -0.4 is 0 Å². The van der Waals surface area contributed by atoms with E-state index in [-0.39, 0.29) is 23.8 Å². The van der Waals surface area contributed by atoms with E-state index in [0.717, 1.165) is 11.3 Å². The predicted molar refractivity (Wildman–Crippen MR) is 89.3 cm³/mol. The Hall–Kier alpha value is -2.21. The van der Waals surface area contributed by atoms with Crippen molar-refractivity contribution in [3.8, 4) is 11.3 Å². The minimum Gasteiger partial charge on any atom is -0.377 e. The van der Waals surface area contributed by atoms with E-state index in [9.17, 15) is 9.18 Å². The molecule has 1 aromatic heterocycles. The Bertz CT molecular complexity index is 762. The summed E-state index contributed by atoms with van der Waals surface area (Å²) in [5.41, 5.74) is 2.59. The highest BCUT2D eigenvalue weighted by Crippen LogP contribution is 2.24. The van der Waals surface area contributed by atoms with Crippen LogP contribution in [0.3, 0.4) is 0 Å². The maximum atomic E-state index is 13.5. The summed E-state index contributed by atoms with van der Waals surface area (Å²) in [7, 11) is 1.79. The van der Waals surface area contributed by atoms with Gasteiger partial charge in [0.2, 0.25) is 0 Å². The number of nitrogens with zero attached hydrogens (tertiary/aromatic N) is 3. The largest absolute Gasteiger partial charge is 0.377 e. The van der Waals surface area contributed by atoms with Gasteiger partial charge < -0.3 is 9.64 Å². The summed E-state index contributed by atoms with van der Waals surface area (Å²) in [4.78, 5) is 14.7. The van der Waals surface area contributed by atoms with Gasteiger partial charge >= 0.3 is 0 Å². The number of halogens is 1. The maximum Gasteiger partial charge on any atom is 0.275 e. The van der Waals surface area contributed by atoms with Crippen LogP contribution in [0.4, 0.5) is 4.39 Å². The summed E-state index contributed by atoms with van der Waals surface area (Å²) in [5.74, 6) is -0.341. The third-order valence-electron chi connectivity index (χ3n) is 4.45. The SMILES string of the molecule is Cc1cc(-c2cc(C(=O)N3C(C)COCC3C)nn2C)ccc1F. The van der Waals surface area contributed by atoms with E-state index in [1.54, 1.807) is 36.9 Å². The average molecular weight is 331 g/mol. The number of morpholine rings is 1. The van der Waals surface area contributed by atoms with Crippen molar-refractivity contribution in [3.63, 3.8) is 0 Å². The number of rotatable bonds is 2. The van der Waals surface area contributed by atoms with E-state index < -0.39 is 0 Å². The van der Waals surface area contributed by atoms with Gasteiger partial charge in [-0.1, -0.05) is 0 Å². The number of hydrogen-bond donors (Lipinski definition) is 0. The first-order valence-electron chi connectivity index (χ1n) is 8.09. The van der Waals surface area contributed by atoms with E-state index in [4.69, 9.17) is 4.74 Å². The molecule has 128 valence electrons. The van der Waals surface area contributed by atoms with Crippen molar-refractivity contribution < 1.29 is 13.9 Å². The Morgan fingerprint density at radius 1 is 1.25 bits per heavy atom. The summed E-state index contributed by atoms with van der Waals surface area (Å²) < 4.78 is 20.6. The molecule has 0 N–H and O–H groups in total. The lowest BCUT2D eigenvalue weighted by atomic mass is 10.1. The molecule has 5 nitrogen and oxygen atoms in total. The first-order chi connectivity index (χ1) is 11.4. The number of benzene rings is 1. The van der Waals surface area contributed by atoms with Crippen LogP contribution in [0.1, 0.15) is 29.9 Å². The fourth-order valence-corrected chi connectivity index (χ4v) is 3.18. The number of aryl methyl sites for hydroxylation is 2. The smallest absolute Gasteiger partial charge is 0.275 e. The average Bonchev–Trinajstić information content (AvgIpc) is 2.92. The lowest BCUT2D eigenvalue weighted by Crippen LogP contribution is -2.52. The molecule has 2 heterocycles. The van der Waals surface area contributed by atoms with Crippen LogP contribution in [0, 0.1) is 12.7 Å².